The van der Waals surface area contributed by atoms with Crippen LogP contribution in [0.4, 0.5) is 0 Å². The summed E-state index contributed by atoms with van der Waals surface area (Å²) in [6.45, 7) is 5.03. The maximum absolute atomic E-state index is 12.7. The van der Waals surface area contributed by atoms with E-state index in [2.05, 4.69) is 0 Å². The molecule has 0 amide bonds. The molecule has 1 saturated heterocycles. The number of hydrogen-bond donors (Lipinski definition) is 9. The lowest BCUT2D eigenvalue weighted by Crippen LogP contribution is -2.60. The number of phenolic OH excluding ortho intramolecular Hbond substituents is 1. The van der Waals surface area contributed by atoms with Gasteiger partial charge >= 0.3 is 17.9 Å². The summed E-state index contributed by atoms with van der Waals surface area (Å²) >= 11 is 0. The monoisotopic (exact) mass is 642 g/mol. The molecule has 0 aliphatic carbocycles. The Hall–Kier alpha value is -3.57. The van der Waals surface area contributed by atoms with Crippen LogP contribution in [0, 0.1) is 0 Å². The van der Waals surface area contributed by atoms with Gasteiger partial charge in [0.1, 0.15) is 24.4 Å². The van der Waals surface area contributed by atoms with Gasteiger partial charge in [-0.25, -0.2) is 4.79 Å². The highest BCUT2D eigenvalue weighted by atomic mass is 16.7. The number of aromatic hydroxyl groups is 1. The van der Waals surface area contributed by atoms with E-state index < -0.39 is 85.5 Å². The lowest BCUT2D eigenvalue weighted by molar-refractivity contribution is -0.277. The Bertz CT molecular complexity index is 1280. The Morgan fingerprint density at radius 1 is 1.00 bits per heavy atom. The number of aliphatic hydroxyl groups excluding tert-OH is 5. The number of aliphatic hydroxyl groups is 6. The third-order valence-electron chi connectivity index (χ3n) is 7.00. The molecule has 1 aliphatic heterocycles. The van der Waals surface area contributed by atoms with Crippen LogP contribution in [0.1, 0.15) is 63.3 Å². The van der Waals surface area contributed by atoms with Crippen molar-refractivity contribution in [3.05, 3.63) is 46.1 Å². The third kappa shape index (κ3) is 10.2. The van der Waals surface area contributed by atoms with Crippen molar-refractivity contribution in [2.75, 3.05) is 13.2 Å². The summed E-state index contributed by atoms with van der Waals surface area (Å²) in [4.78, 5) is 36.2. The highest BCUT2D eigenvalue weighted by molar-refractivity contribution is 5.81. The number of rotatable bonds is 15. The molecular weight excluding hydrogens is 600 g/mol. The van der Waals surface area contributed by atoms with E-state index >= 15 is 0 Å². The van der Waals surface area contributed by atoms with Crippen LogP contribution in [0.3, 0.4) is 0 Å². The van der Waals surface area contributed by atoms with Crippen LogP contribution < -0.4 is 4.74 Å². The molecule has 1 aliphatic rings. The summed E-state index contributed by atoms with van der Waals surface area (Å²) < 4.78 is 16.5. The van der Waals surface area contributed by atoms with Crippen molar-refractivity contribution >= 4 is 17.9 Å². The molecule has 0 aromatic heterocycles. The van der Waals surface area contributed by atoms with E-state index in [9.17, 15) is 55.2 Å². The fraction of sp³-hybridized carbons (Fsp3) is 0.567. The number of carbonyl (C=O) groups excluding carboxylic acids is 1. The van der Waals surface area contributed by atoms with Crippen molar-refractivity contribution < 1.29 is 74.6 Å². The van der Waals surface area contributed by atoms with Crippen LogP contribution in [0.2, 0.25) is 0 Å². The summed E-state index contributed by atoms with van der Waals surface area (Å²) in [6.07, 6.45) is -9.18. The van der Waals surface area contributed by atoms with Crippen molar-refractivity contribution in [2.24, 2.45) is 0 Å². The minimum atomic E-state index is -2.06. The number of esters is 1. The van der Waals surface area contributed by atoms with Gasteiger partial charge < -0.3 is 60.2 Å². The minimum Gasteiger partial charge on any atom is -0.504 e. The zero-order valence-electron chi connectivity index (χ0n) is 25.4. The van der Waals surface area contributed by atoms with Crippen LogP contribution in [0.5, 0.6) is 11.5 Å². The Labute approximate surface area is 259 Å². The van der Waals surface area contributed by atoms with Gasteiger partial charge in [0.2, 0.25) is 12.4 Å². The number of hydrogen-bond acceptors (Lipinski definition) is 13. The van der Waals surface area contributed by atoms with Crippen molar-refractivity contribution in [1.29, 1.82) is 0 Å². The molecule has 0 saturated carbocycles. The molecule has 1 aromatic rings. The average Bonchev–Trinajstić information content (AvgIpc) is 2.94. The first-order chi connectivity index (χ1) is 20.9. The van der Waals surface area contributed by atoms with E-state index in [1.807, 2.05) is 0 Å². The lowest BCUT2D eigenvalue weighted by atomic mass is 9.92. The fourth-order valence-corrected chi connectivity index (χ4v) is 4.55. The first-order valence-electron chi connectivity index (χ1n) is 14.0. The normalized spacial score (nSPS) is 23.9. The number of benzene rings is 1. The smallest absolute Gasteiger partial charge is 0.349 e. The summed E-state index contributed by atoms with van der Waals surface area (Å²) in [5.74, 6) is -5.29. The molecule has 7 unspecified atom stereocenters. The van der Waals surface area contributed by atoms with Crippen molar-refractivity contribution in [3.63, 3.8) is 0 Å². The van der Waals surface area contributed by atoms with Crippen LogP contribution in [-0.2, 0) is 36.7 Å². The summed E-state index contributed by atoms with van der Waals surface area (Å²) in [5, 5.41) is 90.9. The van der Waals surface area contributed by atoms with Gasteiger partial charge in [-0.05, 0) is 46.6 Å². The minimum absolute atomic E-state index is 0.00897. The second-order valence-corrected chi connectivity index (χ2v) is 11.4. The van der Waals surface area contributed by atoms with Crippen molar-refractivity contribution in [2.45, 2.75) is 95.8 Å². The highest BCUT2D eigenvalue weighted by Crippen LogP contribution is 2.42. The Morgan fingerprint density at radius 3 is 2.18 bits per heavy atom. The van der Waals surface area contributed by atoms with Gasteiger partial charge in [-0.1, -0.05) is 23.3 Å². The maximum atomic E-state index is 12.7. The zero-order chi connectivity index (χ0) is 34.2. The molecule has 15 nitrogen and oxygen atoms in total. The molecule has 1 fully saturated rings. The van der Waals surface area contributed by atoms with E-state index in [-0.39, 0.29) is 41.9 Å². The molecule has 15 heteroatoms. The molecule has 0 spiro atoms. The predicted octanol–water partition coefficient (Wildman–Crippen LogP) is -0.155. The molecule has 7 atom stereocenters. The van der Waals surface area contributed by atoms with Gasteiger partial charge in [0, 0.05) is 16.7 Å². The fourth-order valence-electron chi connectivity index (χ4n) is 4.55. The molecular formula is C30H42O15. The van der Waals surface area contributed by atoms with E-state index in [1.54, 1.807) is 26.8 Å². The van der Waals surface area contributed by atoms with Gasteiger partial charge in [-0.2, -0.15) is 0 Å². The molecule has 252 valence electrons. The van der Waals surface area contributed by atoms with Crippen LogP contribution in [0.15, 0.2) is 29.4 Å². The lowest BCUT2D eigenvalue weighted by Gasteiger charge is -2.40. The number of aliphatic carboxylic acids is 2. The van der Waals surface area contributed by atoms with Gasteiger partial charge in [-0.3, -0.25) is 9.59 Å². The van der Waals surface area contributed by atoms with E-state index in [1.165, 1.54) is 12.1 Å². The summed E-state index contributed by atoms with van der Waals surface area (Å²) in [7, 11) is 0. The van der Waals surface area contributed by atoms with Crippen LogP contribution >= 0.6 is 0 Å². The van der Waals surface area contributed by atoms with Gasteiger partial charge in [-0.15, -0.1) is 0 Å². The number of ether oxygens (including phenoxy) is 3. The number of phenols is 1. The maximum Gasteiger partial charge on any atom is 0.349 e. The molecule has 2 rings (SSSR count). The second-order valence-electron chi connectivity index (χ2n) is 11.4. The highest BCUT2D eigenvalue weighted by Gasteiger charge is 2.45. The summed E-state index contributed by atoms with van der Waals surface area (Å²) in [5.41, 5.74) is -1.06. The SMILES string of the molecule is CC(C)=CCc1cc(C(OC(=O)CC(C)(O)CC(=O)O)C(=O)O)c(CC=C(C)CO)c(O)c1OC1OC(CO)C(O)C(O)C1O. The molecule has 0 bridgehead atoms. The van der Waals surface area contributed by atoms with E-state index in [0.29, 0.717) is 5.57 Å². The van der Waals surface area contributed by atoms with Gasteiger partial charge in [0.25, 0.3) is 0 Å². The zero-order valence-corrected chi connectivity index (χ0v) is 25.4. The standard InChI is InChI=1S/C30H42O15/c1-14(2)5-7-16-9-18(27(28(40)41)44-21(35)11-30(4,42)10-20(33)34)17(8-6-15(3)12-31)22(36)26(16)45-29-25(39)24(38)23(37)19(13-32)43-29/h5-6,9,19,23-25,27,29,31-32,36-39,42H,7-8,10-13H2,1-4H3,(H,33,34)(H,40,41). The van der Waals surface area contributed by atoms with Crippen LogP contribution in [0.25, 0.3) is 0 Å². The topological polar surface area (TPSA) is 261 Å². The molecule has 45 heavy (non-hydrogen) atoms. The molecule has 0 radical (unpaired) electrons. The number of allylic oxidation sites excluding steroid dienone is 3. The molecule has 9 N–H and O–H groups in total. The number of carbonyl (C=O) groups is 3. The Morgan fingerprint density at radius 2 is 1.64 bits per heavy atom. The largest absolute Gasteiger partial charge is 0.504 e. The first-order valence-corrected chi connectivity index (χ1v) is 14.0. The van der Waals surface area contributed by atoms with Gasteiger partial charge in [0.05, 0.1) is 31.7 Å². The number of carboxylic acids is 2. The Kier molecular flexibility index (Phi) is 13.5. The number of carboxylic acid groups (broad SMARTS) is 2. The molecule has 1 heterocycles. The van der Waals surface area contributed by atoms with E-state index in [4.69, 9.17) is 19.3 Å². The van der Waals surface area contributed by atoms with Crippen LogP contribution in [-0.4, -0.2) is 113 Å². The van der Waals surface area contributed by atoms with Gasteiger partial charge in [0.15, 0.2) is 11.5 Å². The van der Waals surface area contributed by atoms with Crippen molar-refractivity contribution in [1.82, 2.24) is 0 Å². The Balaban J connectivity index is 2.73. The third-order valence-corrected chi connectivity index (χ3v) is 7.00. The van der Waals surface area contributed by atoms with Crippen molar-refractivity contribution in [3.8, 4) is 11.5 Å². The average molecular weight is 643 g/mol. The second kappa shape index (κ2) is 16.1. The first kappa shape index (κ1) is 37.6. The predicted molar refractivity (Wildman–Crippen MR) is 154 cm³/mol. The summed E-state index contributed by atoms with van der Waals surface area (Å²) in [6, 6.07) is 1.28. The van der Waals surface area contributed by atoms with E-state index in [0.717, 1.165) is 12.5 Å². The molecule has 1 aromatic carbocycles. The quantitative estimate of drug-likeness (QED) is 0.0889.